The van der Waals surface area contributed by atoms with Gasteiger partial charge in [-0.05, 0) is 36.6 Å². The van der Waals surface area contributed by atoms with Crippen LogP contribution in [-0.2, 0) is 6.54 Å². The van der Waals surface area contributed by atoms with Gasteiger partial charge in [-0.15, -0.1) is 0 Å². The second kappa shape index (κ2) is 9.65. The fourth-order valence-corrected chi connectivity index (χ4v) is 2.32. The number of hydrogen-bond donors (Lipinski definition) is 2. The Hall–Kier alpha value is -2.43. The van der Waals surface area contributed by atoms with Crippen LogP contribution >= 0.6 is 0 Å². The van der Waals surface area contributed by atoms with E-state index in [0.717, 1.165) is 24.0 Å². The molecular formula is C19H27N3O2. The summed E-state index contributed by atoms with van der Waals surface area (Å²) in [5.74, 6) is 3.00. The number of hydrogen-bond acceptors (Lipinski definition) is 3. The Bertz CT molecular complexity index is 621. The van der Waals surface area contributed by atoms with Crippen LogP contribution in [0.5, 0.6) is 5.75 Å². The minimum absolute atomic E-state index is 0.446. The molecule has 0 saturated carbocycles. The van der Waals surface area contributed by atoms with Crippen LogP contribution in [0.25, 0.3) is 0 Å². The zero-order chi connectivity index (χ0) is 17.2. The molecule has 0 fully saturated rings. The van der Waals surface area contributed by atoms with Crippen LogP contribution in [-0.4, -0.2) is 25.7 Å². The maximum atomic E-state index is 5.91. The van der Waals surface area contributed by atoms with Gasteiger partial charge in [0, 0.05) is 6.54 Å². The maximum absolute atomic E-state index is 5.91. The van der Waals surface area contributed by atoms with Crippen LogP contribution < -0.4 is 15.4 Å². The minimum Gasteiger partial charge on any atom is -0.491 e. The van der Waals surface area contributed by atoms with Gasteiger partial charge in [0.1, 0.15) is 24.7 Å². The summed E-state index contributed by atoms with van der Waals surface area (Å²) in [4.78, 5) is 4.49. The lowest BCUT2D eigenvalue weighted by Gasteiger charge is -2.15. The molecule has 2 aromatic rings. The van der Waals surface area contributed by atoms with Crippen molar-refractivity contribution in [3.63, 3.8) is 0 Å². The Morgan fingerprint density at radius 1 is 1.17 bits per heavy atom. The van der Waals surface area contributed by atoms with Crippen LogP contribution in [0.15, 0.2) is 52.1 Å². The molecule has 2 rings (SSSR count). The summed E-state index contributed by atoms with van der Waals surface area (Å²) in [6.07, 6.45) is 1.66. The van der Waals surface area contributed by atoms with Crippen LogP contribution in [0, 0.1) is 0 Å². The van der Waals surface area contributed by atoms with Gasteiger partial charge in [0.05, 0.1) is 12.8 Å². The van der Waals surface area contributed by atoms with Gasteiger partial charge in [0.25, 0.3) is 0 Å². The van der Waals surface area contributed by atoms with Crippen LogP contribution in [0.1, 0.15) is 38.0 Å². The molecule has 0 unspecified atom stereocenters. The molecule has 2 N–H and O–H groups in total. The van der Waals surface area contributed by atoms with Crippen molar-refractivity contribution in [3.05, 3.63) is 54.0 Å². The van der Waals surface area contributed by atoms with Crippen LogP contribution in [0.3, 0.4) is 0 Å². The molecule has 1 aromatic carbocycles. The lowest BCUT2D eigenvalue weighted by molar-refractivity contribution is 0.317. The number of furan rings is 1. The smallest absolute Gasteiger partial charge is 0.191 e. The average Bonchev–Trinajstić information content (AvgIpc) is 3.10. The van der Waals surface area contributed by atoms with Gasteiger partial charge in [-0.25, -0.2) is 4.99 Å². The number of aliphatic imine (C=N–C) groups is 1. The second-order valence-corrected chi connectivity index (χ2v) is 5.74. The standard InChI is InChI=1S/C19H27N3O2/c1-4-20-19(22-14-16-8-7-12-23-16)21-11-13-24-18-10-6-5-9-17(18)15(2)3/h5-10,12,15H,4,11,13-14H2,1-3H3,(H2,20,21,22). The molecule has 130 valence electrons. The highest BCUT2D eigenvalue weighted by Gasteiger charge is 2.06. The molecule has 0 saturated heterocycles. The molecule has 0 bridgehead atoms. The fraction of sp³-hybridized carbons (Fsp3) is 0.421. The fourth-order valence-electron chi connectivity index (χ4n) is 2.32. The van der Waals surface area contributed by atoms with Crippen molar-refractivity contribution in [2.75, 3.05) is 19.7 Å². The maximum Gasteiger partial charge on any atom is 0.191 e. The molecule has 0 atom stereocenters. The van der Waals surface area contributed by atoms with Crippen LogP contribution in [0.4, 0.5) is 0 Å². The topological polar surface area (TPSA) is 58.8 Å². The number of guanidine groups is 1. The number of benzene rings is 1. The molecular weight excluding hydrogens is 302 g/mol. The van der Waals surface area contributed by atoms with Gasteiger partial charge in [0.2, 0.25) is 0 Å². The first-order valence-electron chi connectivity index (χ1n) is 8.47. The minimum atomic E-state index is 0.446. The first-order chi connectivity index (χ1) is 11.7. The van der Waals surface area contributed by atoms with E-state index in [0.29, 0.717) is 25.6 Å². The number of rotatable bonds is 8. The quantitative estimate of drug-likeness (QED) is 0.442. The van der Waals surface area contributed by atoms with Gasteiger partial charge < -0.3 is 19.8 Å². The number of nitrogens with zero attached hydrogens (tertiary/aromatic N) is 1. The van der Waals surface area contributed by atoms with E-state index in [4.69, 9.17) is 9.15 Å². The highest BCUT2D eigenvalue weighted by molar-refractivity contribution is 5.79. The molecule has 1 heterocycles. The van der Waals surface area contributed by atoms with E-state index >= 15 is 0 Å². The molecule has 0 amide bonds. The number of nitrogens with one attached hydrogen (secondary N) is 2. The first-order valence-corrected chi connectivity index (χ1v) is 8.47. The SMILES string of the molecule is CCNC(=NCc1ccco1)NCCOc1ccccc1C(C)C. The summed E-state index contributed by atoms with van der Waals surface area (Å²) >= 11 is 0. The lowest BCUT2D eigenvalue weighted by Crippen LogP contribution is -2.39. The molecule has 0 radical (unpaired) electrons. The summed E-state index contributed by atoms with van der Waals surface area (Å²) < 4.78 is 11.2. The molecule has 24 heavy (non-hydrogen) atoms. The molecule has 0 spiro atoms. The van der Waals surface area contributed by atoms with Crippen molar-refractivity contribution < 1.29 is 9.15 Å². The Morgan fingerprint density at radius 2 is 2.00 bits per heavy atom. The predicted molar refractivity (Wildman–Crippen MR) is 97.6 cm³/mol. The first kappa shape index (κ1) is 17.9. The van der Waals surface area contributed by atoms with Gasteiger partial charge >= 0.3 is 0 Å². The Morgan fingerprint density at radius 3 is 2.71 bits per heavy atom. The van der Waals surface area contributed by atoms with Crippen molar-refractivity contribution >= 4 is 5.96 Å². The van der Waals surface area contributed by atoms with E-state index < -0.39 is 0 Å². The molecule has 5 heteroatoms. The van der Waals surface area contributed by atoms with Crippen LogP contribution in [0.2, 0.25) is 0 Å². The molecule has 0 aliphatic heterocycles. The van der Waals surface area contributed by atoms with E-state index in [-0.39, 0.29) is 0 Å². The second-order valence-electron chi connectivity index (χ2n) is 5.74. The monoisotopic (exact) mass is 329 g/mol. The summed E-state index contributed by atoms with van der Waals surface area (Å²) in [7, 11) is 0. The van der Waals surface area contributed by atoms with Crippen molar-refractivity contribution in [1.29, 1.82) is 0 Å². The highest BCUT2D eigenvalue weighted by atomic mass is 16.5. The van der Waals surface area contributed by atoms with E-state index in [1.54, 1.807) is 6.26 Å². The third kappa shape index (κ3) is 5.65. The largest absolute Gasteiger partial charge is 0.491 e. The van der Waals surface area contributed by atoms with Crippen molar-refractivity contribution in [2.45, 2.75) is 33.2 Å². The zero-order valence-electron chi connectivity index (χ0n) is 14.7. The van der Waals surface area contributed by atoms with E-state index in [9.17, 15) is 0 Å². The summed E-state index contributed by atoms with van der Waals surface area (Å²) in [6, 6.07) is 12.0. The summed E-state index contributed by atoms with van der Waals surface area (Å²) in [5, 5.41) is 6.49. The molecule has 5 nitrogen and oxygen atoms in total. The number of ether oxygens (including phenoxy) is 1. The molecule has 0 aliphatic carbocycles. The van der Waals surface area contributed by atoms with Crippen molar-refractivity contribution in [3.8, 4) is 5.75 Å². The van der Waals surface area contributed by atoms with Crippen molar-refractivity contribution in [2.24, 2.45) is 4.99 Å². The molecule has 0 aliphatic rings. The normalized spacial score (nSPS) is 11.6. The summed E-state index contributed by atoms with van der Waals surface area (Å²) in [5.41, 5.74) is 1.23. The number of para-hydroxylation sites is 1. The third-order valence-corrected chi connectivity index (χ3v) is 3.51. The summed E-state index contributed by atoms with van der Waals surface area (Å²) in [6.45, 7) is 8.96. The van der Waals surface area contributed by atoms with E-state index in [1.165, 1.54) is 5.56 Å². The third-order valence-electron chi connectivity index (χ3n) is 3.51. The average molecular weight is 329 g/mol. The van der Waals surface area contributed by atoms with Gasteiger partial charge in [-0.1, -0.05) is 32.0 Å². The Labute approximate surface area is 144 Å². The predicted octanol–water partition coefficient (Wildman–Crippen LogP) is 3.54. The van der Waals surface area contributed by atoms with Gasteiger partial charge in [-0.2, -0.15) is 0 Å². The zero-order valence-corrected chi connectivity index (χ0v) is 14.7. The Balaban J connectivity index is 1.81. The highest BCUT2D eigenvalue weighted by Crippen LogP contribution is 2.25. The van der Waals surface area contributed by atoms with Gasteiger partial charge in [0.15, 0.2) is 5.96 Å². The van der Waals surface area contributed by atoms with Crippen molar-refractivity contribution in [1.82, 2.24) is 10.6 Å². The van der Waals surface area contributed by atoms with Gasteiger partial charge in [-0.3, -0.25) is 0 Å². The Kier molecular flexibility index (Phi) is 7.21. The lowest BCUT2D eigenvalue weighted by atomic mass is 10.0. The van der Waals surface area contributed by atoms with E-state index in [2.05, 4.69) is 35.5 Å². The molecule has 1 aromatic heterocycles. The van der Waals surface area contributed by atoms with E-state index in [1.807, 2.05) is 37.3 Å².